The summed E-state index contributed by atoms with van der Waals surface area (Å²) in [5, 5.41) is -0.718. The SMILES string of the molecule is COC(=O)C(CC(C)=O)SCCS(=O)(=O)O. The van der Waals surface area contributed by atoms with Crippen LogP contribution in [-0.2, 0) is 24.4 Å². The Morgan fingerprint density at radius 1 is 1.44 bits per heavy atom. The molecule has 0 bridgehead atoms. The zero-order valence-electron chi connectivity index (χ0n) is 9.00. The molecule has 0 aromatic carbocycles. The minimum Gasteiger partial charge on any atom is -0.468 e. The van der Waals surface area contributed by atoms with Gasteiger partial charge in [0.25, 0.3) is 10.1 Å². The van der Waals surface area contributed by atoms with Gasteiger partial charge in [-0.3, -0.25) is 14.1 Å². The van der Waals surface area contributed by atoms with E-state index in [4.69, 9.17) is 4.55 Å². The van der Waals surface area contributed by atoms with Crippen LogP contribution in [0.1, 0.15) is 13.3 Å². The number of ketones is 1. The molecule has 0 spiro atoms. The second-order valence-corrected chi connectivity index (χ2v) is 5.96. The van der Waals surface area contributed by atoms with E-state index in [9.17, 15) is 18.0 Å². The second-order valence-electron chi connectivity index (χ2n) is 3.07. The molecule has 0 saturated heterocycles. The quantitative estimate of drug-likeness (QED) is 0.518. The predicted octanol–water partition coefficient (Wildman–Crippen LogP) is 0.128. The fourth-order valence-corrected chi connectivity index (χ4v) is 3.00. The Morgan fingerprint density at radius 3 is 2.38 bits per heavy atom. The number of carbonyl (C=O) groups excluding carboxylic acids is 2. The largest absolute Gasteiger partial charge is 0.468 e. The van der Waals surface area contributed by atoms with E-state index in [2.05, 4.69) is 4.74 Å². The lowest BCUT2D eigenvalue weighted by molar-refractivity contribution is -0.141. The molecule has 0 aliphatic heterocycles. The van der Waals surface area contributed by atoms with E-state index < -0.39 is 27.1 Å². The van der Waals surface area contributed by atoms with E-state index in [-0.39, 0.29) is 18.0 Å². The summed E-state index contributed by atoms with van der Waals surface area (Å²) in [5.74, 6) is -1.18. The molecule has 0 amide bonds. The number of hydrogen-bond donors (Lipinski definition) is 1. The molecule has 0 aromatic heterocycles. The molecule has 0 radical (unpaired) electrons. The van der Waals surface area contributed by atoms with Gasteiger partial charge in [0.2, 0.25) is 0 Å². The molecule has 1 atom stereocenters. The van der Waals surface area contributed by atoms with Gasteiger partial charge in [-0.25, -0.2) is 0 Å². The molecule has 8 heteroatoms. The monoisotopic (exact) mass is 270 g/mol. The standard InChI is InChI=1S/C8H14O6S2/c1-6(9)5-7(8(10)14-2)15-3-4-16(11,12)13/h7H,3-5H2,1-2H3,(H,11,12,13). The number of ether oxygens (including phenoxy) is 1. The molecule has 1 unspecified atom stereocenters. The summed E-state index contributed by atoms with van der Waals surface area (Å²) in [6.45, 7) is 1.33. The van der Waals surface area contributed by atoms with Gasteiger partial charge in [-0.05, 0) is 6.92 Å². The Kier molecular flexibility index (Phi) is 6.61. The smallest absolute Gasteiger partial charge is 0.319 e. The molecule has 6 nitrogen and oxygen atoms in total. The maximum absolute atomic E-state index is 11.2. The molecule has 0 aromatic rings. The topological polar surface area (TPSA) is 97.7 Å². The lowest BCUT2D eigenvalue weighted by Crippen LogP contribution is -2.23. The summed E-state index contributed by atoms with van der Waals surface area (Å²) >= 11 is 0.975. The zero-order chi connectivity index (χ0) is 12.8. The van der Waals surface area contributed by atoms with Crippen molar-refractivity contribution >= 4 is 33.6 Å². The fourth-order valence-electron chi connectivity index (χ4n) is 0.899. The first-order valence-electron chi connectivity index (χ1n) is 4.40. The van der Waals surface area contributed by atoms with Crippen LogP contribution in [0.5, 0.6) is 0 Å². The van der Waals surface area contributed by atoms with Crippen LogP contribution in [0, 0.1) is 0 Å². The van der Waals surface area contributed by atoms with Gasteiger partial charge in [0, 0.05) is 12.2 Å². The van der Waals surface area contributed by atoms with Crippen LogP contribution in [-0.4, -0.2) is 48.6 Å². The normalized spacial score (nSPS) is 13.2. The number of carbonyl (C=O) groups is 2. The van der Waals surface area contributed by atoms with E-state index >= 15 is 0 Å². The molecule has 94 valence electrons. The third-order valence-corrected chi connectivity index (χ3v) is 3.78. The van der Waals surface area contributed by atoms with Crippen molar-refractivity contribution in [2.45, 2.75) is 18.6 Å². The Labute approximate surface area is 98.5 Å². The summed E-state index contributed by atoms with van der Waals surface area (Å²) in [6, 6.07) is 0. The highest BCUT2D eigenvalue weighted by molar-refractivity contribution is 8.01. The highest BCUT2D eigenvalue weighted by atomic mass is 32.2. The molecule has 0 saturated carbocycles. The molecule has 0 heterocycles. The predicted molar refractivity (Wildman–Crippen MR) is 60.0 cm³/mol. The third kappa shape index (κ3) is 7.66. The van der Waals surface area contributed by atoms with Crippen molar-refractivity contribution < 1.29 is 27.3 Å². The van der Waals surface area contributed by atoms with Gasteiger partial charge in [-0.15, -0.1) is 11.8 Å². The van der Waals surface area contributed by atoms with Crippen molar-refractivity contribution in [2.75, 3.05) is 18.6 Å². The zero-order valence-corrected chi connectivity index (χ0v) is 10.6. The van der Waals surface area contributed by atoms with Gasteiger partial charge in [-0.2, -0.15) is 8.42 Å². The van der Waals surface area contributed by atoms with E-state index in [1.807, 2.05) is 0 Å². The number of hydrogen-bond acceptors (Lipinski definition) is 6. The van der Waals surface area contributed by atoms with Crippen LogP contribution in [0.3, 0.4) is 0 Å². The average Bonchev–Trinajstić information content (AvgIpc) is 2.12. The van der Waals surface area contributed by atoms with Crippen LogP contribution in [0.15, 0.2) is 0 Å². The van der Waals surface area contributed by atoms with Crippen LogP contribution in [0.2, 0.25) is 0 Å². The molecule has 0 fully saturated rings. The maximum Gasteiger partial charge on any atom is 0.319 e. The first-order valence-corrected chi connectivity index (χ1v) is 7.06. The van der Waals surface area contributed by atoms with Gasteiger partial charge in [0.1, 0.15) is 11.0 Å². The van der Waals surface area contributed by atoms with Gasteiger partial charge in [0.05, 0.1) is 12.9 Å². The van der Waals surface area contributed by atoms with E-state index in [1.54, 1.807) is 0 Å². The summed E-state index contributed by atoms with van der Waals surface area (Å²) in [7, 11) is -2.85. The maximum atomic E-state index is 11.2. The van der Waals surface area contributed by atoms with Gasteiger partial charge in [0.15, 0.2) is 0 Å². The van der Waals surface area contributed by atoms with E-state index in [1.165, 1.54) is 14.0 Å². The van der Waals surface area contributed by atoms with Crippen LogP contribution >= 0.6 is 11.8 Å². The first-order chi connectivity index (χ1) is 7.26. The van der Waals surface area contributed by atoms with Gasteiger partial charge >= 0.3 is 5.97 Å². The summed E-state index contributed by atoms with van der Waals surface area (Å²) in [6.07, 6.45) is -0.0111. The summed E-state index contributed by atoms with van der Waals surface area (Å²) < 4.78 is 33.8. The minimum atomic E-state index is -4.04. The minimum absolute atomic E-state index is 0.0111. The summed E-state index contributed by atoms with van der Waals surface area (Å²) in [5.41, 5.74) is 0. The van der Waals surface area contributed by atoms with Crippen LogP contribution < -0.4 is 0 Å². The third-order valence-electron chi connectivity index (χ3n) is 1.60. The van der Waals surface area contributed by atoms with Crippen molar-refractivity contribution in [1.82, 2.24) is 0 Å². The highest BCUT2D eigenvalue weighted by Crippen LogP contribution is 2.17. The molecule has 1 N–H and O–H groups in total. The molecule has 0 aliphatic rings. The molecule has 0 aliphatic carbocycles. The lowest BCUT2D eigenvalue weighted by atomic mass is 10.2. The van der Waals surface area contributed by atoms with Gasteiger partial charge in [-0.1, -0.05) is 0 Å². The lowest BCUT2D eigenvalue weighted by Gasteiger charge is -2.11. The Hall–Kier alpha value is -0.600. The highest BCUT2D eigenvalue weighted by Gasteiger charge is 2.22. The number of esters is 1. The van der Waals surface area contributed by atoms with Crippen molar-refractivity contribution in [1.29, 1.82) is 0 Å². The molecular weight excluding hydrogens is 256 g/mol. The first kappa shape index (κ1) is 15.4. The average molecular weight is 270 g/mol. The Bertz CT molecular complexity index is 348. The Balaban J connectivity index is 4.22. The fraction of sp³-hybridized carbons (Fsp3) is 0.750. The molecule has 0 rings (SSSR count). The molecule has 16 heavy (non-hydrogen) atoms. The van der Waals surface area contributed by atoms with Crippen molar-refractivity contribution in [2.24, 2.45) is 0 Å². The van der Waals surface area contributed by atoms with Crippen LogP contribution in [0.4, 0.5) is 0 Å². The van der Waals surface area contributed by atoms with E-state index in [0.717, 1.165) is 11.8 Å². The molecular formula is C8H14O6S2. The Morgan fingerprint density at radius 2 is 2.00 bits per heavy atom. The number of thioether (sulfide) groups is 1. The van der Waals surface area contributed by atoms with E-state index in [0.29, 0.717) is 0 Å². The number of rotatable bonds is 7. The van der Waals surface area contributed by atoms with Crippen molar-refractivity contribution in [3.8, 4) is 0 Å². The number of Topliss-reactive ketones (excluding diaryl/α,β-unsaturated/α-hetero) is 1. The summed E-state index contributed by atoms with van der Waals surface area (Å²) in [4.78, 5) is 22.0. The van der Waals surface area contributed by atoms with Crippen molar-refractivity contribution in [3.63, 3.8) is 0 Å². The van der Waals surface area contributed by atoms with Crippen LogP contribution in [0.25, 0.3) is 0 Å². The van der Waals surface area contributed by atoms with Gasteiger partial charge < -0.3 is 4.74 Å². The second kappa shape index (κ2) is 6.87. The number of methoxy groups -OCH3 is 1. The van der Waals surface area contributed by atoms with Crippen molar-refractivity contribution in [3.05, 3.63) is 0 Å².